The fourth-order valence-electron chi connectivity index (χ4n) is 4.00. The molecule has 31 heavy (non-hydrogen) atoms. The van der Waals surface area contributed by atoms with Crippen LogP contribution in [0, 0.1) is 0 Å². The van der Waals surface area contributed by atoms with E-state index in [0.717, 1.165) is 58.9 Å². The van der Waals surface area contributed by atoms with E-state index in [1.807, 2.05) is 37.8 Å². The van der Waals surface area contributed by atoms with Gasteiger partial charge in [0, 0.05) is 30.2 Å². The lowest BCUT2D eigenvalue weighted by Crippen LogP contribution is -1.89. The number of aromatic nitrogens is 8. The molecule has 148 valence electrons. The molecule has 0 atom stereocenters. The normalized spacial score (nSPS) is 12.0. The van der Waals surface area contributed by atoms with E-state index in [1.54, 1.807) is 17.5 Å². The molecule has 0 aliphatic rings. The first kappa shape index (κ1) is 16.7. The molecule has 7 rings (SSSR count). The second-order valence-corrected chi connectivity index (χ2v) is 8.52. The topological polar surface area (TPSA) is 101 Å². The molecular weight excluding hydrogens is 408 g/mol. The lowest BCUT2D eigenvalue weighted by atomic mass is 10.2. The van der Waals surface area contributed by atoms with E-state index in [9.17, 15) is 0 Å². The second-order valence-electron chi connectivity index (χ2n) is 7.46. The standard InChI is InChI=1S/C22H14N8S/c1-30-12-6-11(8-23-9-12)15-7-13-16(10-25-15)28-29-19(13)22-26-14-4-5-24-21(20(14)27-22)17-2-3-18(30)31-17/h2-10H,1H3,(H,26,27)(H,28,29). The van der Waals surface area contributed by atoms with Crippen molar-refractivity contribution < 1.29 is 0 Å². The molecule has 7 aromatic rings. The molecule has 0 amide bonds. The Morgan fingerprint density at radius 3 is 2.87 bits per heavy atom. The summed E-state index contributed by atoms with van der Waals surface area (Å²) in [6.07, 6.45) is 7.31. The highest BCUT2D eigenvalue weighted by Crippen LogP contribution is 2.29. The summed E-state index contributed by atoms with van der Waals surface area (Å²) in [6, 6.07) is 10.3. The largest absolute Gasteiger partial charge is 0.336 e. The van der Waals surface area contributed by atoms with Gasteiger partial charge in [-0.25, -0.2) is 4.98 Å². The third-order valence-corrected chi connectivity index (χ3v) is 6.80. The van der Waals surface area contributed by atoms with Crippen molar-refractivity contribution in [1.82, 2.24) is 39.7 Å². The van der Waals surface area contributed by atoms with Crippen LogP contribution in [0.3, 0.4) is 0 Å². The number of hydrogen-bond donors (Lipinski definition) is 2. The van der Waals surface area contributed by atoms with Crippen molar-refractivity contribution >= 4 is 75.9 Å². The van der Waals surface area contributed by atoms with Gasteiger partial charge in [-0.05, 0) is 30.3 Å². The zero-order valence-corrected chi connectivity index (χ0v) is 17.1. The molecule has 8 bridgehead atoms. The Labute approximate surface area is 177 Å². The van der Waals surface area contributed by atoms with Crippen LogP contribution in [-0.2, 0) is 7.05 Å². The van der Waals surface area contributed by atoms with Gasteiger partial charge in [-0.15, -0.1) is 11.3 Å². The van der Waals surface area contributed by atoms with Crippen LogP contribution in [0.4, 0.5) is 0 Å². The van der Waals surface area contributed by atoms with Gasteiger partial charge in [0.15, 0.2) is 5.65 Å². The molecule has 7 aromatic heterocycles. The zero-order valence-electron chi connectivity index (χ0n) is 16.3. The number of pyridine rings is 3. The summed E-state index contributed by atoms with van der Waals surface area (Å²) >= 11 is 1.67. The van der Waals surface area contributed by atoms with Gasteiger partial charge >= 0.3 is 0 Å². The summed E-state index contributed by atoms with van der Waals surface area (Å²) in [5.74, 6) is 0. The Bertz CT molecular complexity index is 1870. The molecule has 0 aromatic carbocycles. The summed E-state index contributed by atoms with van der Waals surface area (Å²) in [5.41, 5.74) is 6.73. The molecule has 0 fully saturated rings. The van der Waals surface area contributed by atoms with Gasteiger partial charge in [-0.3, -0.25) is 20.1 Å². The summed E-state index contributed by atoms with van der Waals surface area (Å²) in [6.45, 7) is 0. The summed E-state index contributed by atoms with van der Waals surface area (Å²) in [7, 11) is 2.04. The molecule has 0 aliphatic heterocycles. The third kappa shape index (κ3) is 2.37. The summed E-state index contributed by atoms with van der Waals surface area (Å²) in [4.78, 5) is 23.1. The van der Waals surface area contributed by atoms with Crippen LogP contribution >= 0.6 is 11.3 Å². The average molecular weight is 422 g/mol. The quantitative estimate of drug-likeness (QED) is 0.367. The van der Waals surface area contributed by atoms with E-state index in [2.05, 4.69) is 52.9 Å². The molecule has 0 unspecified atom stereocenters. The van der Waals surface area contributed by atoms with Crippen LogP contribution < -0.4 is 0 Å². The zero-order chi connectivity index (χ0) is 20.5. The van der Waals surface area contributed by atoms with Crippen LogP contribution in [0.15, 0.2) is 55.1 Å². The highest BCUT2D eigenvalue weighted by Gasteiger charge is 2.11. The van der Waals surface area contributed by atoms with E-state index in [-0.39, 0.29) is 0 Å². The fourth-order valence-corrected chi connectivity index (χ4v) is 4.98. The van der Waals surface area contributed by atoms with Crippen molar-refractivity contribution in [2.24, 2.45) is 7.05 Å². The maximum Gasteiger partial charge on any atom is 0.159 e. The lowest BCUT2D eigenvalue weighted by molar-refractivity contribution is 1.00. The Balaban J connectivity index is 1.81. The molecular formula is C22H14N8S. The highest BCUT2D eigenvalue weighted by atomic mass is 32.1. The number of fused-ring (bicyclic) bond motifs is 9. The van der Waals surface area contributed by atoms with Crippen LogP contribution in [0.5, 0.6) is 0 Å². The minimum absolute atomic E-state index is 0.697. The Hall–Kier alpha value is -4.11. The lowest BCUT2D eigenvalue weighted by Gasteiger charge is -2.01. The first-order chi connectivity index (χ1) is 15.2. The third-order valence-electron chi connectivity index (χ3n) is 5.64. The van der Waals surface area contributed by atoms with E-state index in [0.29, 0.717) is 5.65 Å². The minimum Gasteiger partial charge on any atom is -0.336 e. The number of nitrogens with zero attached hydrogens (tertiary/aromatic N) is 6. The van der Waals surface area contributed by atoms with Crippen molar-refractivity contribution in [3.63, 3.8) is 0 Å². The predicted octanol–water partition coefficient (Wildman–Crippen LogP) is 4.76. The number of aryl methyl sites for hydroxylation is 1. The summed E-state index contributed by atoms with van der Waals surface area (Å²) < 4.78 is 3.18. The number of thiophene rings is 1. The molecule has 0 spiro atoms. The van der Waals surface area contributed by atoms with Gasteiger partial charge < -0.3 is 9.55 Å². The Morgan fingerprint density at radius 2 is 1.90 bits per heavy atom. The molecule has 0 saturated carbocycles. The predicted molar refractivity (Wildman–Crippen MR) is 124 cm³/mol. The number of aromatic amines is 2. The van der Waals surface area contributed by atoms with Gasteiger partial charge in [-0.1, -0.05) is 0 Å². The SMILES string of the molecule is Cn1c2cncc(c2)c2cc3c(cn2)[nH]nc3c2nc3c(ccnc3c3ccc1s3)[nH]2. The minimum atomic E-state index is 0.697. The van der Waals surface area contributed by atoms with Gasteiger partial charge in [0.1, 0.15) is 16.6 Å². The summed E-state index contributed by atoms with van der Waals surface area (Å²) in [5, 5.41) is 9.49. The van der Waals surface area contributed by atoms with Gasteiger partial charge in [0.25, 0.3) is 0 Å². The van der Waals surface area contributed by atoms with E-state index in [4.69, 9.17) is 4.98 Å². The van der Waals surface area contributed by atoms with Gasteiger partial charge in [-0.2, -0.15) is 5.10 Å². The monoisotopic (exact) mass is 422 g/mol. The molecule has 8 nitrogen and oxygen atoms in total. The maximum atomic E-state index is 4.89. The van der Waals surface area contributed by atoms with Crippen molar-refractivity contribution in [1.29, 1.82) is 0 Å². The Kier molecular flexibility index (Phi) is 3.20. The molecule has 9 heteroatoms. The van der Waals surface area contributed by atoms with Crippen molar-refractivity contribution in [2.45, 2.75) is 0 Å². The van der Waals surface area contributed by atoms with Gasteiger partial charge in [0.05, 0.1) is 44.0 Å². The molecule has 0 aliphatic carbocycles. The van der Waals surface area contributed by atoms with Crippen LogP contribution in [-0.4, -0.2) is 39.7 Å². The number of rotatable bonds is 0. The van der Waals surface area contributed by atoms with E-state index < -0.39 is 0 Å². The number of hydrogen-bond acceptors (Lipinski definition) is 6. The number of nitrogens with one attached hydrogen (secondary N) is 2. The number of H-pyrrole nitrogens is 2. The van der Waals surface area contributed by atoms with Gasteiger partial charge in [0.2, 0.25) is 0 Å². The van der Waals surface area contributed by atoms with Crippen LogP contribution in [0.2, 0.25) is 0 Å². The molecule has 0 saturated heterocycles. The second kappa shape index (κ2) is 5.96. The van der Waals surface area contributed by atoms with Crippen molar-refractivity contribution in [2.75, 3.05) is 0 Å². The molecule has 2 N–H and O–H groups in total. The van der Waals surface area contributed by atoms with Crippen LogP contribution in [0.1, 0.15) is 0 Å². The number of imidazole rings is 1. The first-order valence-corrected chi connectivity index (χ1v) is 10.5. The smallest absolute Gasteiger partial charge is 0.159 e. The molecule has 0 radical (unpaired) electrons. The first-order valence-electron chi connectivity index (χ1n) is 9.73. The van der Waals surface area contributed by atoms with Crippen LogP contribution in [0.25, 0.3) is 64.6 Å². The average Bonchev–Trinajstić information content (AvgIpc) is 3.54. The maximum absolute atomic E-state index is 4.89. The van der Waals surface area contributed by atoms with E-state index >= 15 is 0 Å². The highest BCUT2D eigenvalue weighted by molar-refractivity contribution is 7.23. The van der Waals surface area contributed by atoms with Crippen molar-refractivity contribution in [3.8, 4) is 0 Å². The Morgan fingerprint density at radius 1 is 0.935 bits per heavy atom. The van der Waals surface area contributed by atoms with Crippen molar-refractivity contribution in [3.05, 3.63) is 55.1 Å². The fraction of sp³-hybridized carbons (Fsp3) is 0.0455. The van der Waals surface area contributed by atoms with E-state index in [1.165, 1.54) is 0 Å². The molecule has 7 heterocycles.